The van der Waals surface area contributed by atoms with Gasteiger partial charge in [0.05, 0.1) is 21.4 Å². The van der Waals surface area contributed by atoms with Crippen molar-refractivity contribution < 1.29 is 4.74 Å². The number of aromatic nitrogens is 2. The van der Waals surface area contributed by atoms with Crippen molar-refractivity contribution >= 4 is 44.1 Å². The molecule has 0 bridgehead atoms. The highest BCUT2D eigenvalue weighted by Gasteiger charge is 2.13. The third kappa shape index (κ3) is 2.54. The van der Waals surface area contributed by atoms with E-state index in [4.69, 9.17) is 22.1 Å². The lowest BCUT2D eigenvalue weighted by molar-refractivity contribution is 0.463. The van der Waals surface area contributed by atoms with Crippen molar-refractivity contribution in [1.29, 1.82) is 0 Å². The summed E-state index contributed by atoms with van der Waals surface area (Å²) in [6.45, 7) is 1.90. The highest BCUT2D eigenvalue weighted by atomic mass is 79.9. The molecule has 2 aromatic heterocycles. The number of anilines is 1. The number of nitrogens with two attached hydrogens (primary N) is 1. The summed E-state index contributed by atoms with van der Waals surface area (Å²) in [6.07, 6.45) is 3.27. The van der Waals surface area contributed by atoms with Crippen LogP contribution in [0, 0.1) is 6.92 Å². The average molecular weight is 365 g/mol. The van der Waals surface area contributed by atoms with Crippen LogP contribution in [0.25, 0.3) is 10.9 Å². The smallest absolute Gasteiger partial charge is 0.234 e. The Morgan fingerprint density at radius 3 is 2.86 bits per heavy atom. The predicted molar refractivity (Wildman–Crippen MR) is 87.9 cm³/mol. The fourth-order valence-electron chi connectivity index (χ4n) is 1.94. The van der Waals surface area contributed by atoms with Gasteiger partial charge < -0.3 is 10.5 Å². The molecule has 0 atom stereocenters. The third-order valence-corrected chi connectivity index (χ3v) is 4.42. The largest absolute Gasteiger partial charge is 0.436 e. The Morgan fingerprint density at radius 1 is 1.24 bits per heavy atom. The summed E-state index contributed by atoms with van der Waals surface area (Å²) in [6, 6.07) is 7.28. The molecular weight excluding hydrogens is 354 g/mol. The summed E-state index contributed by atoms with van der Waals surface area (Å²) >= 11 is 9.63. The number of rotatable bonds is 2. The van der Waals surface area contributed by atoms with Crippen LogP contribution in [0.1, 0.15) is 5.56 Å². The zero-order valence-electron chi connectivity index (χ0n) is 11.1. The first-order valence-corrected chi connectivity index (χ1v) is 7.36. The summed E-state index contributed by atoms with van der Waals surface area (Å²) in [5, 5.41) is 1.46. The predicted octanol–water partition coefficient (Wildman–Crippen LogP) is 4.73. The minimum absolute atomic E-state index is 0.441. The van der Waals surface area contributed by atoms with E-state index < -0.39 is 0 Å². The molecule has 106 valence electrons. The van der Waals surface area contributed by atoms with Crippen LogP contribution in [0.2, 0.25) is 5.02 Å². The lowest BCUT2D eigenvalue weighted by atomic mass is 10.2. The Morgan fingerprint density at radius 2 is 2.05 bits per heavy atom. The van der Waals surface area contributed by atoms with Crippen molar-refractivity contribution in [2.75, 3.05) is 5.73 Å². The first kappa shape index (κ1) is 14.1. The topological polar surface area (TPSA) is 61.0 Å². The van der Waals surface area contributed by atoms with E-state index in [-0.39, 0.29) is 0 Å². The van der Waals surface area contributed by atoms with Crippen molar-refractivity contribution in [3.63, 3.8) is 0 Å². The Bertz CT molecular complexity index is 839. The SMILES string of the molecule is Cc1c(N)cnc(Oc2ccc(Cl)c3cccnc23)c1Br. The zero-order valence-corrected chi connectivity index (χ0v) is 13.4. The van der Waals surface area contributed by atoms with Crippen LogP contribution in [0.4, 0.5) is 5.69 Å². The van der Waals surface area contributed by atoms with Gasteiger partial charge in [-0.05, 0) is 52.7 Å². The Labute approximate surface area is 135 Å². The maximum atomic E-state index is 6.17. The molecule has 0 unspecified atom stereocenters. The molecule has 0 aliphatic heterocycles. The molecule has 6 heteroatoms. The number of hydrogen-bond donors (Lipinski definition) is 1. The van der Waals surface area contributed by atoms with Gasteiger partial charge in [-0.2, -0.15) is 0 Å². The number of pyridine rings is 2. The standard InChI is InChI=1S/C15H11BrClN3O/c1-8-11(18)7-20-15(13(8)16)21-12-5-4-10(17)9-3-2-6-19-14(9)12/h2-7H,18H2,1H3. The van der Waals surface area contributed by atoms with Crippen LogP contribution in [-0.4, -0.2) is 9.97 Å². The number of hydrogen-bond acceptors (Lipinski definition) is 4. The summed E-state index contributed by atoms with van der Waals surface area (Å²) in [5.74, 6) is 1.03. The monoisotopic (exact) mass is 363 g/mol. The molecule has 1 aromatic carbocycles. The van der Waals surface area contributed by atoms with Gasteiger partial charge in [0.15, 0.2) is 5.75 Å². The molecule has 3 aromatic rings. The van der Waals surface area contributed by atoms with E-state index in [2.05, 4.69) is 25.9 Å². The molecule has 0 saturated heterocycles. The lowest BCUT2D eigenvalue weighted by Crippen LogP contribution is -1.97. The van der Waals surface area contributed by atoms with Gasteiger partial charge in [-0.25, -0.2) is 4.98 Å². The van der Waals surface area contributed by atoms with E-state index in [1.165, 1.54) is 0 Å². The molecule has 0 spiro atoms. The second-order valence-electron chi connectivity index (χ2n) is 4.50. The molecule has 0 aliphatic rings. The Kier molecular flexibility index (Phi) is 3.69. The first-order valence-electron chi connectivity index (χ1n) is 6.19. The molecule has 0 saturated carbocycles. The number of nitrogen functional groups attached to an aromatic ring is 1. The van der Waals surface area contributed by atoms with Gasteiger partial charge in [-0.1, -0.05) is 11.6 Å². The van der Waals surface area contributed by atoms with Crippen molar-refractivity contribution in [3.8, 4) is 11.6 Å². The van der Waals surface area contributed by atoms with Crippen LogP contribution in [-0.2, 0) is 0 Å². The van der Waals surface area contributed by atoms with Crippen molar-refractivity contribution in [1.82, 2.24) is 9.97 Å². The minimum atomic E-state index is 0.441. The van der Waals surface area contributed by atoms with Crippen LogP contribution >= 0.6 is 27.5 Å². The van der Waals surface area contributed by atoms with E-state index in [1.54, 1.807) is 24.5 Å². The van der Waals surface area contributed by atoms with Crippen LogP contribution in [0.3, 0.4) is 0 Å². The summed E-state index contributed by atoms with van der Waals surface area (Å²) in [7, 11) is 0. The van der Waals surface area contributed by atoms with Crippen LogP contribution in [0.15, 0.2) is 41.1 Å². The molecule has 0 amide bonds. The van der Waals surface area contributed by atoms with Crippen LogP contribution < -0.4 is 10.5 Å². The van der Waals surface area contributed by atoms with E-state index >= 15 is 0 Å². The minimum Gasteiger partial charge on any atom is -0.436 e. The molecule has 0 aliphatic carbocycles. The highest BCUT2D eigenvalue weighted by Crippen LogP contribution is 2.36. The van der Waals surface area contributed by atoms with Gasteiger partial charge >= 0.3 is 0 Å². The number of halogens is 2. The van der Waals surface area contributed by atoms with E-state index in [9.17, 15) is 0 Å². The maximum Gasteiger partial charge on any atom is 0.234 e. The van der Waals surface area contributed by atoms with Gasteiger partial charge in [-0.15, -0.1) is 0 Å². The zero-order chi connectivity index (χ0) is 15.0. The fourth-order valence-corrected chi connectivity index (χ4v) is 2.57. The molecule has 0 radical (unpaired) electrons. The van der Waals surface area contributed by atoms with Gasteiger partial charge in [-0.3, -0.25) is 4.98 Å². The summed E-state index contributed by atoms with van der Waals surface area (Å²) in [5.41, 5.74) is 7.99. The van der Waals surface area contributed by atoms with Gasteiger partial charge in [0.25, 0.3) is 0 Å². The maximum absolute atomic E-state index is 6.17. The molecule has 2 heterocycles. The molecule has 4 nitrogen and oxygen atoms in total. The van der Waals surface area contributed by atoms with E-state index in [1.807, 2.05) is 19.1 Å². The Balaban J connectivity index is 2.11. The van der Waals surface area contributed by atoms with Crippen LogP contribution in [0.5, 0.6) is 11.6 Å². The summed E-state index contributed by atoms with van der Waals surface area (Å²) < 4.78 is 6.60. The highest BCUT2D eigenvalue weighted by molar-refractivity contribution is 9.10. The average Bonchev–Trinajstić information content (AvgIpc) is 2.50. The van der Waals surface area contributed by atoms with Crippen molar-refractivity contribution in [2.24, 2.45) is 0 Å². The second kappa shape index (κ2) is 5.50. The lowest BCUT2D eigenvalue weighted by Gasteiger charge is -2.11. The molecule has 2 N–H and O–H groups in total. The molecule has 0 fully saturated rings. The van der Waals surface area contributed by atoms with Crippen molar-refractivity contribution in [3.05, 3.63) is 51.7 Å². The molecule has 21 heavy (non-hydrogen) atoms. The number of fused-ring (bicyclic) bond motifs is 1. The summed E-state index contributed by atoms with van der Waals surface area (Å²) in [4.78, 5) is 8.54. The first-order chi connectivity index (χ1) is 10.1. The number of nitrogens with zero attached hydrogens (tertiary/aromatic N) is 2. The third-order valence-electron chi connectivity index (χ3n) is 3.16. The fraction of sp³-hybridized carbons (Fsp3) is 0.0667. The molecular formula is C15H11BrClN3O. The quantitative estimate of drug-likeness (QED) is 0.714. The van der Waals surface area contributed by atoms with E-state index in [0.717, 1.165) is 15.4 Å². The second-order valence-corrected chi connectivity index (χ2v) is 5.71. The van der Waals surface area contributed by atoms with Gasteiger partial charge in [0.1, 0.15) is 5.52 Å². The molecule has 3 rings (SSSR count). The Hall–Kier alpha value is -1.85. The normalized spacial score (nSPS) is 10.8. The number of ether oxygens (including phenoxy) is 1. The van der Waals surface area contributed by atoms with Gasteiger partial charge in [0.2, 0.25) is 5.88 Å². The number of benzene rings is 1. The van der Waals surface area contributed by atoms with E-state index in [0.29, 0.717) is 27.9 Å². The van der Waals surface area contributed by atoms with Crippen molar-refractivity contribution in [2.45, 2.75) is 6.92 Å². The van der Waals surface area contributed by atoms with Gasteiger partial charge in [0, 0.05) is 11.6 Å².